The van der Waals surface area contributed by atoms with Crippen molar-refractivity contribution in [2.45, 2.75) is 45.1 Å². The summed E-state index contributed by atoms with van der Waals surface area (Å²) in [4.78, 5) is 18.3. The second kappa shape index (κ2) is 10.8. The van der Waals surface area contributed by atoms with Gasteiger partial charge in [0.25, 0.3) is 5.56 Å². The van der Waals surface area contributed by atoms with E-state index in [0.717, 1.165) is 42.0 Å². The van der Waals surface area contributed by atoms with Crippen molar-refractivity contribution in [3.8, 4) is 17.2 Å². The van der Waals surface area contributed by atoms with Gasteiger partial charge in [0.15, 0.2) is 17.3 Å². The van der Waals surface area contributed by atoms with E-state index in [2.05, 4.69) is 25.4 Å². The summed E-state index contributed by atoms with van der Waals surface area (Å²) in [5, 5.41) is 13.3. The summed E-state index contributed by atoms with van der Waals surface area (Å²) < 4.78 is 24.3. The van der Waals surface area contributed by atoms with E-state index in [0.29, 0.717) is 62.0 Å². The largest absolute Gasteiger partial charge is 0.497 e. The average molecular weight is 519 g/mol. The molecule has 1 N–H and O–H groups in total. The molecule has 0 aliphatic carbocycles. The predicted molar refractivity (Wildman–Crippen MR) is 138 cm³/mol. The number of H-pyrrole nitrogens is 1. The molecule has 1 atom stereocenters. The molecule has 0 amide bonds. The molecule has 198 valence electrons. The van der Waals surface area contributed by atoms with Gasteiger partial charge in [-0.25, -0.2) is 4.68 Å². The van der Waals surface area contributed by atoms with Crippen LogP contribution in [-0.2, 0) is 30.9 Å². The summed E-state index contributed by atoms with van der Waals surface area (Å²) in [5.41, 5.74) is 2.29. The summed E-state index contributed by atoms with van der Waals surface area (Å²) >= 11 is 0. The molecule has 0 radical (unpaired) electrons. The number of rotatable bonds is 9. The smallest absolute Gasteiger partial charge is 0.252 e. The first-order valence-electron chi connectivity index (χ1n) is 12.8. The highest BCUT2D eigenvalue weighted by molar-refractivity contribution is 5.83. The summed E-state index contributed by atoms with van der Waals surface area (Å²) in [6.45, 7) is 3.84. The molecule has 2 aromatic heterocycles. The molecule has 1 fully saturated rings. The van der Waals surface area contributed by atoms with Gasteiger partial charge in [0.05, 0.1) is 31.8 Å². The van der Waals surface area contributed by atoms with E-state index in [1.807, 2.05) is 47.1 Å². The van der Waals surface area contributed by atoms with Gasteiger partial charge in [-0.15, -0.1) is 5.10 Å². The highest BCUT2D eigenvalue weighted by atomic mass is 16.6. The Morgan fingerprint density at radius 1 is 1.05 bits per heavy atom. The average Bonchev–Trinajstić information content (AvgIpc) is 3.61. The van der Waals surface area contributed by atoms with Crippen LogP contribution in [0.15, 0.2) is 47.3 Å². The lowest BCUT2D eigenvalue weighted by molar-refractivity contribution is 0.0914. The zero-order valence-corrected chi connectivity index (χ0v) is 21.3. The van der Waals surface area contributed by atoms with E-state index >= 15 is 0 Å². The van der Waals surface area contributed by atoms with E-state index in [1.54, 1.807) is 7.11 Å². The summed E-state index contributed by atoms with van der Waals surface area (Å²) in [7, 11) is 1.65. The van der Waals surface area contributed by atoms with Gasteiger partial charge in [-0.2, -0.15) is 0 Å². The van der Waals surface area contributed by atoms with E-state index in [1.165, 1.54) is 0 Å². The molecule has 4 heterocycles. The standard InChI is InChI=1S/C27H30N6O5/c1-35-21-6-4-18(5-7-21)14-32(17-26-29-30-31-33(26)16-22-3-2-8-36-22)15-20-11-19-12-24-25(38-10-9-37-24)13-23(19)28-27(20)34/h4-7,11-13,22H,2-3,8-10,14-17H2,1H3,(H,28,34)/t22-/m0/s1. The Hall–Kier alpha value is -3.96. The van der Waals surface area contributed by atoms with Gasteiger partial charge in [0, 0.05) is 36.7 Å². The maximum Gasteiger partial charge on any atom is 0.252 e. The van der Waals surface area contributed by atoms with Gasteiger partial charge in [0.2, 0.25) is 0 Å². The van der Waals surface area contributed by atoms with Crippen LogP contribution in [0.2, 0.25) is 0 Å². The second-order valence-corrected chi connectivity index (χ2v) is 9.61. The molecule has 0 unspecified atom stereocenters. The van der Waals surface area contributed by atoms with Crippen molar-refractivity contribution >= 4 is 10.9 Å². The Balaban J connectivity index is 1.29. The molecular formula is C27H30N6O5. The fourth-order valence-electron chi connectivity index (χ4n) is 4.96. The lowest BCUT2D eigenvalue weighted by Crippen LogP contribution is -2.29. The van der Waals surface area contributed by atoms with Gasteiger partial charge in [-0.3, -0.25) is 9.69 Å². The number of nitrogens with one attached hydrogen (secondary N) is 1. The van der Waals surface area contributed by atoms with E-state index in [-0.39, 0.29) is 11.7 Å². The van der Waals surface area contributed by atoms with Crippen LogP contribution in [0.3, 0.4) is 0 Å². The Morgan fingerprint density at radius 3 is 2.63 bits per heavy atom. The Bertz CT molecular complexity index is 1460. The first kappa shape index (κ1) is 24.4. The van der Waals surface area contributed by atoms with Crippen molar-refractivity contribution in [2.75, 3.05) is 26.9 Å². The minimum absolute atomic E-state index is 0.118. The minimum atomic E-state index is -0.146. The van der Waals surface area contributed by atoms with Gasteiger partial charge >= 0.3 is 0 Å². The molecule has 4 aromatic rings. The van der Waals surface area contributed by atoms with Crippen LogP contribution < -0.4 is 19.8 Å². The topological polar surface area (TPSA) is 117 Å². The molecule has 38 heavy (non-hydrogen) atoms. The number of hydrogen-bond donors (Lipinski definition) is 1. The summed E-state index contributed by atoms with van der Waals surface area (Å²) in [5.74, 6) is 2.85. The third-order valence-electron chi connectivity index (χ3n) is 6.91. The monoisotopic (exact) mass is 518 g/mol. The van der Waals surface area contributed by atoms with Gasteiger partial charge < -0.3 is 23.9 Å². The molecular weight excluding hydrogens is 488 g/mol. The van der Waals surface area contributed by atoms with Gasteiger partial charge in [0.1, 0.15) is 19.0 Å². The normalized spacial score (nSPS) is 16.8. The van der Waals surface area contributed by atoms with Gasteiger partial charge in [-0.05, 0) is 53.1 Å². The Labute approximate surface area is 219 Å². The van der Waals surface area contributed by atoms with Gasteiger partial charge in [-0.1, -0.05) is 12.1 Å². The number of hydrogen-bond acceptors (Lipinski definition) is 9. The van der Waals surface area contributed by atoms with E-state index in [9.17, 15) is 4.79 Å². The number of nitrogens with zero attached hydrogens (tertiary/aromatic N) is 5. The minimum Gasteiger partial charge on any atom is -0.497 e. The number of aromatic amines is 1. The quantitative estimate of drug-likeness (QED) is 0.357. The molecule has 1 saturated heterocycles. The van der Waals surface area contributed by atoms with Crippen molar-refractivity contribution in [1.29, 1.82) is 0 Å². The van der Waals surface area contributed by atoms with Crippen molar-refractivity contribution in [2.24, 2.45) is 0 Å². The van der Waals surface area contributed by atoms with Crippen LogP contribution in [0.1, 0.15) is 29.8 Å². The number of fused-ring (bicyclic) bond motifs is 2. The second-order valence-electron chi connectivity index (χ2n) is 9.61. The molecule has 2 aliphatic heterocycles. The van der Waals surface area contributed by atoms with Crippen LogP contribution in [0.25, 0.3) is 10.9 Å². The van der Waals surface area contributed by atoms with Crippen LogP contribution in [-0.4, -0.2) is 63.1 Å². The summed E-state index contributed by atoms with van der Waals surface area (Å²) in [6, 6.07) is 13.6. The van der Waals surface area contributed by atoms with Crippen molar-refractivity contribution in [3.63, 3.8) is 0 Å². The molecule has 0 saturated carbocycles. The molecule has 6 rings (SSSR count). The van der Waals surface area contributed by atoms with E-state index in [4.69, 9.17) is 18.9 Å². The lowest BCUT2D eigenvalue weighted by atomic mass is 10.1. The maximum atomic E-state index is 13.1. The summed E-state index contributed by atoms with van der Waals surface area (Å²) in [6.07, 6.45) is 2.17. The van der Waals surface area contributed by atoms with Crippen LogP contribution >= 0.6 is 0 Å². The third-order valence-corrected chi connectivity index (χ3v) is 6.91. The zero-order valence-electron chi connectivity index (χ0n) is 21.3. The molecule has 0 bridgehead atoms. The first-order chi connectivity index (χ1) is 18.6. The number of tetrazole rings is 1. The number of benzene rings is 2. The van der Waals surface area contributed by atoms with Crippen molar-refractivity contribution < 1.29 is 18.9 Å². The van der Waals surface area contributed by atoms with Crippen LogP contribution in [0.4, 0.5) is 0 Å². The van der Waals surface area contributed by atoms with Crippen molar-refractivity contribution in [3.05, 3.63) is 69.8 Å². The Kier molecular flexibility index (Phi) is 6.93. The highest BCUT2D eigenvalue weighted by Crippen LogP contribution is 2.33. The number of aromatic nitrogens is 5. The first-order valence-corrected chi connectivity index (χ1v) is 12.8. The highest BCUT2D eigenvalue weighted by Gasteiger charge is 2.21. The number of ether oxygens (including phenoxy) is 4. The van der Waals surface area contributed by atoms with Crippen LogP contribution in [0, 0.1) is 0 Å². The molecule has 0 spiro atoms. The molecule has 11 heteroatoms. The fourth-order valence-corrected chi connectivity index (χ4v) is 4.96. The van der Waals surface area contributed by atoms with Crippen LogP contribution in [0.5, 0.6) is 17.2 Å². The lowest BCUT2D eigenvalue weighted by Gasteiger charge is -2.23. The fraction of sp³-hybridized carbons (Fsp3) is 0.407. The SMILES string of the molecule is COc1ccc(CN(Cc2cc3cc4c(cc3[nH]c2=O)OCCO4)Cc2nnnn2C[C@@H]2CCCO2)cc1. The maximum absolute atomic E-state index is 13.1. The predicted octanol–water partition coefficient (Wildman–Crippen LogP) is 2.68. The molecule has 11 nitrogen and oxygen atoms in total. The number of pyridine rings is 1. The number of methoxy groups -OCH3 is 1. The Morgan fingerprint density at radius 2 is 1.87 bits per heavy atom. The zero-order chi connectivity index (χ0) is 25.9. The van der Waals surface area contributed by atoms with E-state index < -0.39 is 0 Å². The van der Waals surface area contributed by atoms with Crippen molar-refractivity contribution in [1.82, 2.24) is 30.1 Å². The molecule has 2 aromatic carbocycles. The third kappa shape index (κ3) is 5.34. The molecule has 2 aliphatic rings.